The number of rotatable bonds is 3. The lowest BCUT2D eigenvalue weighted by atomic mass is 9.94. The summed E-state index contributed by atoms with van der Waals surface area (Å²) in [5.74, 6) is 5.75. The first-order valence-corrected chi connectivity index (χ1v) is 7.53. The molecule has 2 aromatic rings. The highest BCUT2D eigenvalue weighted by atomic mass is 79.9. The van der Waals surface area contributed by atoms with Gasteiger partial charge in [-0.1, -0.05) is 34.1 Å². The second kappa shape index (κ2) is 5.95. The van der Waals surface area contributed by atoms with E-state index < -0.39 is 0 Å². The lowest BCUT2D eigenvalue weighted by Gasteiger charge is -2.23. The molecule has 3 N–H and O–H groups in total. The van der Waals surface area contributed by atoms with Gasteiger partial charge in [-0.05, 0) is 52.9 Å². The van der Waals surface area contributed by atoms with Crippen molar-refractivity contribution in [1.82, 2.24) is 5.43 Å². The van der Waals surface area contributed by atoms with Crippen LogP contribution in [0, 0.1) is 0 Å². The Kier molecular flexibility index (Phi) is 4.05. The zero-order valence-corrected chi connectivity index (χ0v) is 12.7. The molecular weight excluding hydrogens is 316 g/mol. The minimum absolute atomic E-state index is 0.0170. The second-order valence-electron chi connectivity index (χ2n) is 5.02. The van der Waals surface area contributed by atoms with E-state index in [2.05, 4.69) is 57.8 Å². The van der Waals surface area contributed by atoms with Gasteiger partial charge in [0.2, 0.25) is 0 Å². The third-order valence-electron chi connectivity index (χ3n) is 3.66. The summed E-state index contributed by atoms with van der Waals surface area (Å²) in [6.07, 6.45) is 3.91. The van der Waals surface area contributed by atoms with E-state index in [-0.39, 0.29) is 6.04 Å². The standard InChI is InChI=1S/C16H17BrN2O/c17-15-6-5-11-8-13(4-3-12(11)9-15)16(19-18)14-2-1-7-20-10-14/h3-6,8-10,16,19H,1-2,7,18H2. The molecule has 0 saturated carbocycles. The third-order valence-corrected chi connectivity index (χ3v) is 4.15. The van der Waals surface area contributed by atoms with Crippen molar-refractivity contribution in [2.75, 3.05) is 6.61 Å². The van der Waals surface area contributed by atoms with Crippen molar-refractivity contribution in [2.24, 2.45) is 5.84 Å². The maximum atomic E-state index is 5.75. The van der Waals surface area contributed by atoms with Crippen LogP contribution >= 0.6 is 15.9 Å². The first-order chi connectivity index (χ1) is 9.78. The first kappa shape index (κ1) is 13.6. The minimum Gasteiger partial charge on any atom is -0.501 e. The Hall–Kier alpha value is -1.36. The topological polar surface area (TPSA) is 47.3 Å². The molecule has 2 aromatic carbocycles. The number of hydrogen-bond acceptors (Lipinski definition) is 3. The van der Waals surface area contributed by atoms with E-state index in [0.717, 1.165) is 23.9 Å². The van der Waals surface area contributed by atoms with Gasteiger partial charge in [0.1, 0.15) is 0 Å². The normalized spacial score (nSPS) is 16.6. The largest absolute Gasteiger partial charge is 0.501 e. The maximum Gasteiger partial charge on any atom is 0.0876 e. The van der Waals surface area contributed by atoms with Crippen LogP contribution in [0.4, 0.5) is 0 Å². The van der Waals surface area contributed by atoms with E-state index in [4.69, 9.17) is 10.6 Å². The van der Waals surface area contributed by atoms with Crippen LogP contribution < -0.4 is 11.3 Å². The van der Waals surface area contributed by atoms with E-state index in [1.807, 2.05) is 6.26 Å². The van der Waals surface area contributed by atoms with Gasteiger partial charge in [0.05, 0.1) is 18.9 Å². The Morgan fingerprint density at radius 3 is 2.70 bits per heavy atom. The zero-order chi connectivity index (χ0) is 13.9. The SMILES string of the molecule is NNC(C1=COCCC1)c1ccc2cc(Br)ccc2c1. The van der Waals surface area contributed by atoms with E-state index in [0.29, 0.717) is 0 Å². The first-order valence-electron chi connectivity index (χ1n) is 6.74. The highest BCUT2D eigenvalue weighted by Gasteiger charge is 2.18. The van der Waals surface area contributed by atoms with Crippen LogP contribution in [0.25, 0.3) is 10.8 Å². The molecule has 0 saturated heterocycles. The van der Waals surface area contributed by atoms with Crippen LogP contribution in [0.5, 0.6) is 0 Å². The predicted molar refractivity (Wildman–Crippen MR) is 85.0 cm³/mol. The van der Waals surface area contributed by atoms with E-state index in [1.165, 1.54) is 21.9 Å². The molecule has 0 aromatic heterocycles. The Labute approximate surface area is 126 Å². The van der Waals surface area contributed by atoms with Gasteiger partial charge in [0, 0.05) is 4.47 Å². The van der Waals surface area contributed by atoms with Gasteiger partial charge < -0.3 is 4.74 Å². The number of ether oxygens (including phenoxy) is 1. The molecule has 1 unspecified atom stereocenters. The number of fused-ring (bicyclic) bond motifs is 1. The Morgan fingerprint density at radius 1 is 1.15 bits per heavy atom. The van der Waals surface area contributed by atoms with Gasteiger partial charge in [-0.15, -0.1) is 0 Å². The molecule has 0 amide bonds. The van der Waals surface area contributed by atoms with E-state index in [9.17, 15) is 0 Å². The summed E-state index contributed by atoms with van der Waals surface area (Å²) in [5.41, 5.74) is 5.28. The average molecular weight is 333 g/mol. The maximum absolute atomic E-state index is 5.75. The lowest BCUT2D eigenvalue weighted by Crippen LogP contribution is -2.30. The fourth-order valence-electron chi connectivity index (χ4n) is 2.63. The number of benzene rings is 2. The fraction of sp³-hybridized carbons (Fsp3) is 0.250. The predicted octanol–water partition coefficient (Wildman–Crippen LogP) is 3.80. The van der Waals surface area contributed by atoms with Gasteiger partial charge in [-0.25, -0.2) is 5.43 Å². The summed E-state index contributed by atoms with van der Waals surface area (Å²) in [5, 5.41) is 2.43. The fourth-order valence-corrected chi connectivity index (χ4v) is 3.01. The van der Waals surface area contributed by atoms with Crippen molar-refractivity contribution in [1.29, 1.82) is 0 Å². The molecule has 0 radical (unpaired) electrons. The van der Waals surface area contributed by atoms with Crippen LogP contribution in [0.1, 0.15) is 24.4 Å². The summed E-state index contributed by atoms with van der Waals surface area (Å²) in [6, 6.07) is 12.7. The molecule has 0 fully saturated rings. The molecule has 1 heterocycles. The summed E-state index contributed by atoms with van der Waals surface area (Å²) < 4.78 is 6.52. The van der Waals surface area contributed by atoms with Crippen LogP contribution in [0.2, 0.25) is 0 Å². The van der Waals surface area contributed by atoms with E-state index in [1.54, 1.807) is 0 Å². The van der Waals surface area contributed by atoms with Gasteiger partial charge >= 0.3 is 0 Å². The molecule has 4 heteroatoms. The van der Waals surface area contributed by atoms with Crippen molar-refractivity contribution in [3.05, 3.63) is 58.3 Å². The zero-order valence-electron chi connectivity index (χ0n) is 11.1. The molecular formula is C16H17BrN2O. The summed E-state index contributed by atoms with van der Waals surface area (Å²) >= 11 is 3.50. The quantitative estimate of drug-likeness (QED) is 0.663. The minimum atomic E-state index is 0.0170. The Balaban J connectivity index is 1.99. The molecule has 0 bridgehead atoms. The van der Waals surface area contributed by atoms with Gasteiger partial charge in [-0.2, -0.15) is 0 Å². The highest BCUT2D eigenvalue weighted by molar-refractivity contribution is 9.10. The average Bonchev–Trinajstić information content (AvgIpc) is 2.49. The molecule has 0 aliphatic carbocycles. The number of halogens is 1. The highest BCUT2D eigenvalue weighted by Crippen LogP contribution is 2.30. The van der Waals surface area contributed by atoms with E-state index >= 15 is 0 Å². The van der Waals surface area contributed by atoms with Crippen LogP contribution in [0.3, 0.4) is 0 Å². The molecule has 1 aliphatic heterocycles. The third kappa shape index (κ3) is 2.73. The number of hydrazine groups is 1. The van der Waals surface area contributed by atoms with Gasteiger partial charge in [0.25, 0.3) is 0 Å². The Bertz CT molecular complexity index is 654. The van der Waals surface area contributed by atoms with Crippen molar-refractivity contribution in [3.8, 4) is 0 Å². The lowest BCUT2D eigenvalue weighted by molar-refractivity contribution is 0.219. The summed E-state index contributed by atoms with van der Waals surface area (Å²) in [6.45, 7) is 0.798. The molecule has 3 rings (SSSR count). The van der Waals surface area contributed by atoms with Crippen LogP contribution in [-0.2, 0) is 4.74 Å². The van der Waals surface area contributed by atoms with Crippen molar-refractivity contribution >= 4 is 26.7 Å². The number of nitrogens with one attached hydrogen (secondary N) is 1. The van der Waals surface area contributed by atoms with Gasteiger partial charge in [0.15, 0.2) is 0 Å². The number of nitrogens with two attached hydrogens (primary N) is 1. The summed E-state index contributed by atoms with van der Waals surface area (Å²) in [7, 11) is 0. The molecule has 104 valence electrons. The molecule has 20 heavy (non-hydrogen) atoms. The monoisotopic (exact) mass is 332 g/mol. The number of hydrogen-bond donors (Lipinski definition) is 2. The molecule has 1 aliphatic rings. The molecule has 0 spiro atoms. The van der Waals surface area contributed by atoms with Crippen molar-refractivity contribution in [2.45, 2.75) is 18.9 Å². The Morgan fingerprint density at radius 2 is 1.95 bits per heavy atom. The molecule has 1 atom stereocenters. The van der Waals surface area contributed by atoms with Crippen molar-refractivity contribution in [3.63, 3.8) is 0 Å². The van der Waals surface area contributed by atoms with Gasteiger partial charge in [-0.3, -0.25) is 5.84 Å². The van der Waals surface area contributed by atoms with Crippen LogP contribution in [0.15, 0.2) is 52.7 Å². The second-order valence-corrected chi connectivity index (χ2v) is 5.93. The molecule has 3 nitrogen and oxygen atoms in total. The van der Waals surface area contributed by atoms with Crippen molar-refractivity contribution < 1.29 is 4.74 Å². The van der Waals surface area contributed by atoms with Crippen LogP contribution in [-0.4, -0.2) is 6.61 Å². The summed E-state index contributed by atoms with van der Waals surface area (Å²) in [4.78, 5) is 0. The smallest absolute Gasteiger partial charge is 0.0876 e.